The van der Waals surface area contributed by atoms with E-state index in [-0.39, 0.29) is 0 Å². The van der Waals surface area contributed by atoms with E-state index < -0.39 is 0 Å². The molecular formula is C18H36AlN. The molecule has 1 nitrogen and oxygen atoms in total. The monoisotopic (exact) mass is 293 g/mol. The molecule has 0 aromatic carbocycles. The predicted molar refractivity (Wildman–Crippen MR) is 93.1 cm³/mol. The van der Waals surface area contributed by atoms with E-state index in [2.05, 4.69) is 5.32 Å². The van der Waals surface area contributed by atoms with Gasteiger partial charge in [0.25, 0.3) is 0 Å². The van der Waals surface area contributed by atoms with E-state index in [1.807, 2.05) is 0 Å². The van der Waals surface area contributed by atoms with Gasteiger partial charge in [0.05, 0.1) is 0 Å². The molecule has 20 heavy (non-hydrogen) atoms. The minimum Gasteiger partial charge on any atom is -0.668 e. The molecule has 0 amide bonds. The molecule has 0 bridgehead atoms. The van der Waals surface area contributed by atoms with Crippen LogP contribution in [0.25, 0.3) is 5.32 Å². The zero-order valence-corrected chi connectivity index (χ0v) is 15.2. The summed E-state index contributed by atoms with van der Waals surface area (Å²) < 4.78 is 2.36. The zero-order chi connectivity index (χ0) is 14.5. The molecule has 0 saturated heterocycles. The first-order valence-corrected chi connectivity index (χ1v) is 10.5. The summed E-state index contributed by atoms with van der Waals surface area (Å²) in [4.78, 5) is 0. The third kappa shape index (κ3) is 9.43. The fourth-order valence-electron chi connectivity index (χ4n) is 3.75. The molecule has 0 heterocycles. The van der Waals surface area contributed by atoms with Crippen molar-refractivity contribution in [3.8, 4) is 0 Å². The van der Waals surface area contributed by atoms with Crippen molar-refractivity contribution in [2.45, 2.75) is 99.5 Å². The molecule has 2 aliphatic rings. The third-order valence-corrected chi connectivity index (χ3v) is 7.27. The normalized spacial score (nSPS) is 23.3. The molecule has 2 rings (SSSR count). The Morgan fingerprint density at radius 1 is 0.550 bits per heavy atom. The molecule has 116 valence electrons. The summed E-state index contributed by atoms with van der Waals surface area (Å²) in [7, 11) is 3.50. The summed E-state index contributed by atoms with van der Waals surface area (Å²) in [6, 6.07) is 0. The van der Waals surface area contributed by atoms with Crippen molar-refractivity contribution in [2.24, 2.45) is 0 Å². The second-order valence-corrected chi connectivity index (χ2v) is 9.12. The van der Waals surface area contributed by atoms with E-state index >= 15 is 0 Å². The van der Waals surface area contributed by atoms with Gasteiger partial charge in [-0.25, -0.2) is 0 Å². The van der Waals surface area contributed by atoms with Crippen LogP contribution in [0.2, 0.25) is 9.56 Å². The molecule has 2 fully saturated rings. The van der Waals surface area contributed by atoms with Crippen molar-refractivity contribution in [1.82, 2.24) is 0 Å². The largest absolute Gasteiger partial charge is 0.668 e. The summed E-state index contributed by atoms with van der Waals surface area (Å²) in [6.45, 7) is 0. The van der Waals surface area contributed by atoms with Gasteiger partial charge in [-0.2, -0.15) is 14.1 Å². The van der Waals surface area contributed by atoms with E-state index in [4.69, 9.17) is 0 Å². The summed E-state index contributed by atoms with van der Waals surface area (Å²) in [5.74, 6) is 0. The average molecular weight is 293 g/mol. The molecule has 0 aromatic rings. The van der Waals surface area contributed by atoms with Crippen LogP contribution >= 0.6 is 0 Å². The second kappa shape index (κ2) is 13.2. The van der Waals surface area contributed by atoms with Crippen LogP contribution in [0.4, 0.5) is 0 Å². The number of nitrogens with zero attached hydrogens (tertiary/aromatic N) is 1. The fraction of sp³-hybridized carbons (Fsp3) is 1.00. The van der Waals surface area contributed by atoms with Crippen LogP contribution < -0.4 is 0 Å². The molecule has 2 heteroatoms. The topological polar surface area (TPSA) is 14.1 Å². The van der Waals surface area contributed by atoms with Gasteiger partial charge in [0.1, 0.15) is 0 Å². The van der Waals surface area contributed by atoms with E-state index in [1.165, 1.54) is 48.1 Å². The summed E-state index contributed by atoms with van der Waals surface area (Å²) in [5, 5.41) is 3.50. The maximum absolute atomic E-state index is 3.50. The molecule has 0 spiro atoms. The van der Waals surface area contributed by atoms with Crippen LogP contribution in [-0.2, 0) is 0 Å². The van der Waals surface area contributed by atoms with Crippen LogP contribution in [-0.4, -0.2) is 29.3 Å². The molecular weight excluding hydrogens is 257 g/mol. The van der Waals surface area contributed by atoms with Crippen LogP contribution in [0.15, 0.2) is 0 Å². The Morgan fingerprint density at radius 2 is 0.800 bits per heavy atom. The summed E-state index contributed by atoms with van der Waals surface area (Å²) >= 11 is 0.780. The minimum absolute atomic E-state index is 0.780. The molecule has 0 unspecified atom stereocenters. The molecule has 0 aliphatic heterocycles. The molecule has 0 aromatic heterocycles. The van der Waals surface area contributed by atoms with Crippen molar-refractivity contribution in [1.29, 1.82) is 0 Å². The van der Waals surface area contributed by atoms with Gasteiger partial charge in [-0.15, -0.1) is 0 Å². The molecule has 0 N–H and O–H groups in total. The zero-order valence-electron chi connectivity index (χ0n) is 14.1. The Morgan fingerprint density at radius 3 is 1.10 bits per heavy atom. The average Bonchev–Trinajstić information content (AvgIpc) is 2.36. The van der Waals surface area contributed by atoms with Crippen molar-refractivity contribution in [3.05, 3.63) is 5.32 Å². The standard InChI is InChI=1S/2C8H15.C2H6N.Al/c2*1-2-4-6-8-7-5-3-1;1-3-2;/h2*1H,2-8H2;1-2H3;/q;;-1;+1. The van der Waals surface area contributed by atoms with Gasteiger partial charge in [-0.3, -0.25) is 0 Å². The predicted octanol–water partition coefficient (Wildman–Crippen LogP) is 6.38. The van der Waals surface area contributed by atoms with Gasteiger partial charge in [0, 0.05) is 0 Å². The van der Waals surface area contributed by atoms with Gasteiger partial charge in [-0.05, 0) is 0 Å². The first-order chi connectivity index (χ1) is 9.86. The minimum atomic E-state index is 0.780. The van der Waals surface area contributed by atoms with Gasteiger partial charge in [0.2, 0.25) is 0 Å². The van der Waals surface area contributed by atoms with E-state index in [9.17, 15) is 0 Å². The first kappa shape index (κ1) is 18.5. The molecule has 0 atom stereocenters. The van der Waals surface area contributed by atoms with Gasteiger partial charge < -0.3 is 5.32 Å². The van der Waals surface area contributed by atoms with Crippen molar-refractivity contribution < 1.29 is 0 Å². The Balaban J connectivity index is 0.000000612. The molecule has 2 aliphatic carbocycles. The second-order valence-electron chi connectivity index (χ2n) is 6.85. The van der Waals surface area contributed by atoms with Gasteiger partial charge >= 0.3 is 115 Å². The number of hydrogen-bond donors (Lipinski definition) is 0. The van der Waals surface area contributed by atoms with Crippen LogP contribution in [0, 0.1) is 0 Å². The molecule has 0 radical (unpaired) electrons. The Kier molecular flexibility index (Phi) is 12.2. The van der Waals surface area contributed by atoms with E-state index in [1.54, 1.807) is 65.5 Å². The number of hydrogen-bond acceptors (Lipinski definition) is 0. The molecule has 2 saturated carbocycles. The van der Waals surface area contributed by atoms with Crippen LogP contribution in [0.3, 0.4) is 0 Å². The van der Waals surface area contributed by atoms with Gasteiger partial charge in [0.15, 0.2) is 0 Å². The van der Waals surface area contributed by atoms with Crippen LogP contribution in [0.5, 0.6) is 0 Å². The first-order valence-electron chi connectivity index (χ1n) is 9.19. The maximum atomic E-state index is 3.50. The number of rotatable bonds is 2. The van der Waals surface area contributed by atoms with Crippen molar-refractivity contribution in [2.75, 3.05) is 14.1 Å². The van der Waals surface area contributed by atoms with E-state index in [0.29, 0.717) is 0 Å². The van der Waals surface area contributed by atoms with Crippen LogP contribution in [0.1, 0.15) is 89.9 Å². The third-order valence-electron chi connectivity index (χ3n) is 4.84. The van der Waals surface area contributed by atoms with Gasteiger partial charge in [-0.1, -0.05) is 0 Å². The Labute approximate surface area is 134 Å². The fourth-order valence-corrected chi connectivity index (χ4v) is 6.23. The Bertz CT molecular complexity index is 172. The quantitative estimate of drug-likeness (QED) is 0.525. The smallest absolute Gasteiger partial charge is 0.162 e. The van der Waals surface area contributed by atoms with Crippen molar-refractivity contribution in [3.63, 3.8) is 0 Å². The summed E-state index contributed by atoms with van der Waals surface area (Å²) in [6.07, 6.45) is 21.7. The Hall–Kier alpha value is 0.492. The van der Waals surface area contributed by atoms with Crippen molar-refractivity contribution >= 4 is 15.2 Å². The maximum Gasteiger partial charge on any atom is -0.162 e. The van der Waals surface area contributed by atoms with E-state index in [0.717, 1.165) is 15.2 Å². The SMILES string of the molecule is C1CCC[CH]([Al+][CH]2CCCCCCC2)CCC1.C[N-]C. The summed E-state index contributed by atoms with van der Waals surface area (Å²) in [5.41, 5.74) is 0.